The Kier molecular flexibility index (Phi) is 2.94. The zero-order valence-corrected chi connectivity index (χ0v) is 6.98. The fourth-order valence-electron chi connectivity index (χ4n) is 1.65. The van der Waals surface area contributed by atoms with E-state index in [1.54, 1.807) is 5.57 Å². The highest BCUT2D eigenvalue weighted by Gasteiger charge is 2.15. The molecule has 1 heteroatoms. The number of nitrogens with one attached hydrogen (secondary N) is 1. The lowest BCUT2D eigenvalue weighted by atomic mass is 10.0. The molecule has 1 fully saturated rings. The molecule has 1 aliphatic rings. The Labute approximate surface area is 63.5 Å². The minimum atomic E-state index is 0.704. The highest BCUT2D eigenvalue weighted by molar-refractivity contribution is 5.10. The first-order chi connectivity index (χ1) is 4.88. The van der Waals surface area contributed by atoms with Gasteiger partial charge in [0.2, 0.25) is 0 Å². The van der Waals surface area contributed by atoms with Crippen LogP contribution < -0.4 is 5.32 Å². The molecule has 0 radical (unpaired) electrons. The Balaban J connectivity index is 2.45. The maximum absolute atomic E-state index is 3.49. The van der Waals surface area contributed by atoms with Crippen LogP contribution >= 0.6 is 0 Å². The number of hydrogen-bond acceptors (Lipinski definition) is 1. The number of rotatable bonds is 2. The Morgan fingerprint density at radius 1 is 1.70 bits per heavy atom. The second-order valence-corrected chi connectivity index (χ2v) is 2.87. The monoisotopic (exact) mass is 139 g/mol. The largest absolute Gasteiger partial charge is 0.310 e. The maximum Gasteiger partial charge on any atom is 0.0279 e. The summed E-state index contributed by atoms with van der Waals surface area (Å²) in [6.07, 6.45) is 6.15. The van der Waals surface area contributed by atoms with Gasteiger partial charge in [0.05, 0.1) is 0 Å². The van der Waals surface area contributed by atoms with Crippen molar-refractivity contribution < 1.29 is 0 Å². The van der Waals surface area contributed by atoms with E-state index in [0.717, 1.165) is 0 Å². The van der Waals surface area contributed by atoms with Crippen LogP contribution in [0.2, 0.25) is 0 Å². The van der Waals surface area contributed by atoms with Crippen LogP contribution in [0.5, 0.6) is 0 Å². The van der Waals surface area contributed by atoms with Crippen LogP contribution in [-0.2, 0) is 0 Å². The van der Waals surface area contributed by atoms with E-state index in [9.17, 15) is 0 Å². The van der Waals surface area contributed by atoms with E-state index in [2.05, 4.69) is 25.2 Å². The molecule has 0 aliphatic carbocycles. The Morgan fingerprint density at radius 2 is 2.50 bits per heavy atom. The van der Waals surface area contributed by atoms with Crippen molar-refractivity contribution in [1.29, 1.82) is 0 Å². The standard InChI is InChI=1S/C9H17N/c1-3-8(4-2)9-6-5-7-10-9/h3,9-10H,4-7H2,1-2H3/b8-3+. The lowest BCUT2D eigenvalue weighted by Crippen LogP contribution is -2.23. The third-order valence-corrected chi connectivity index (χ3v) is 2.29. The number of hydrogen-bond donors (Lipinski definition) is 1. The van der Waals surface area contributed by atoms with Crippen LogP contribution in [-0.4, -0.2) is 12.6 Å². The minimum Gasteiger partial charge on any atom is -0.310 e. The van der Waals surface area contributed by atoms with E-state index in [4.69, 9.17) is 0 Å². The van der Waals surface area contributed by atoms with Gasteiger partial charge in [0.25, 0.3) is 0 Å². The van der Waals surface area contributed by atoms with Gasteiger partial charge in [-0.25, -0.2) is 0 Å². The van der Waals surface area contributed by atoms with E-state index in [1.165, 1.54) is 25.8 Å². The molecule has 1 saturated heterocycles. The Hall–Kier alpha value is -0.300. The van der Waals surface area contributed by atoms with Crippen molar-refractivity contribution in [2.24, 2.45) is 0 Å². The molecular weight excluding hydrogens is 122 g/mol. The SMILES string of the molecule is C/C=C(\CC)C1CCCN1. The average Bonchev–Trinajstić information content (AvgIpc) is 2.43. The molecular formula is C9H17N. The summed E-state index contributed by atoms with van der Waals surface area (Å²) >= 11 is 0. The van der Waals surface area contributed by atoms with Crippen molar-refractivity contribution in [3.05, 3.63) is 11.6 Å². The lowest BCUT2D eigenvalue weighted by Gasteiger charge is -2.12. The fraction of sp³-hybridized carbons (Fsp3) is 0.778. The van der Waals surface area contributed by atoms with Crippen molar-refractivity contribution in [3.63, 3.8) is 0 Å². The predicted octanol–water partition coefficient (Wildman–Crippen LogP) is 2.09. The molecule has 1 N–H and O–H groups in total. The smallest absolute Gasteiger partial charge is 0.0279 e. The van der Waals surface area contributed by atoms with Gasteiger partial charge in [-0.15, -0.1) is 0 Å². The van der Waals surface area contributed by atoms with Crippen molar-refractivity contribution in [2.45, 2.75) is 39.2 Å². The van der Waals surface area contributed by atoms with Crippen molar-refractivity contribution in [1.82, 2.24) is 5.32 Å². The van der Waals surface area contributed by atoms with Crippen LogP contribution in [0.25, 0.3) is 0 Å². The first-order valence-electron chi connectivity index (χ1n) is 4.27. The maximum atomic E-state index is 3.49. The summed E-state index contributed by atoms with van der Waals surface area (Å²) in [6.45, 7) is 5.58. The molecule has 1 aliphatic heterocycles. The molecule has 10 heavy (non-hydrogen) atoms. The van der Waals surface area contributed by atoms with Crippen LogP contribution in [0.15, 0.2) is 11.6 Å². The molecule has 0 amide bonds. The Morgan fingerprint density at radius 3 is 2.90 bits per heavy atom. The molecule has 1 atom stereocenters. The predicted molar refractivity (Wildman–Crippen MR) is 45.1 cm³/mol. The van der Waals surface area contributed by atoms with Crippen LogP contribution in [0.1, 0.15) is 33.1 Å². The highest BCUT2D eigenvalue weighted by atomic mass is 14.9. The van der Waals surface area contributed by atoms with Gasteiger partial charge in [0.1, 0.15) is 0 Å². The van der Waals surface area contributed by atoms with Gasteiger partial charge in [-0.2, -0.15) is 0 Å². The first-order valence-corrected chi connectivity index (χ1v) is 4.27. The molecule has 1 unspecified atom stereocenters. The number of allylic oxidation sites excluding steroid dienone is 1. The zero-order valence-electron chi connectivity index (χ0n) is 6.98. The van der Waals surface area contributed by atoms with E-state index in [-0.39, 0.29) is 0 Å². The van der Waals surface area contributed by atoms with Gasteiger partial charge in [0.15, 0.2) is 0 Å². The summed E-state index contributed by atoms with van der Waals surface area (Å²) in [5.74, 6) is 0. The average molecular weight is 139 g/mol. The van der Waals surface area contributed by atoms with E-state index in [0.29, 0.717) is 6.04 Å². The summed E-state index contributed by atoms with van der Waals surface area (Å²) in [6, 6.07) is 0.704. The summed E-state index contributed by atoms with van der Waals surface area (Å²) in [7, 11) is 0. The molecule has 1 rings (SSSR count). The topological polar surface area (TPSA) is 12.0 Å². The van der Waals surface area contributed by atoms with E-state index in [1.807, 2.05) is 0 Å². The third kappa shape index (κ3) is 1.60. The minimum absolute atomic E-state index is 0.704. The van der Waals surface area contributed by atoms with Gasteiger partial charge in [-0.3, -0.25) is 0 Å². The summed E-state index contributed by atoms with van der Waals surface area (Å²) in [5.41, 5.74) is 1.58. The molecule has 0 spiro atoms. The van der Waals surface area contributed by atoms with Gasteiger partial charge in [0, 0.05) is 6.04 Å². The summed E-state index contributed by atoms with van der Waals surface area (Å²) in [5, 5.41) is 3.49. The van der Waals surface area contributed by atoms with Gasteiger partial charge in [-0.05, 0) is 32.7 Å². The van der Waals surface area contributed by atoms with E-state index < -0.39 is 0 Å². The summed E-state index contributed by atoms with van der Waals surface area (Å²) < 4.78 is 0. The van der Waals surface area contributed by atoms with Crippen LogP contribution in [0.4, 0.5) is 0 Å². The second kappa shape index (κ2) is 3.77. The fourth-order valence-corrected chi connectivity index (χ4v) is 1.65. The van der Waals surface area contributed by atoms with Crippen molar-refractivity contribution in [3.8, 4) is 0 Å². The molecule has 0 aromatic rings. The molecule has 0 saturated carbocycles. The van der Waals surface area contributed by atoms with Gasteiger partial charge in [-0.1, -0.05) is 18.6 Å². The molecule has 1 heterocycles. The molecule has 1 nitrogen and oxygen atoms in total. The quantitative estimate of drug-likeness (QED) is 0.578. The normalized spacial score (nSPS) is 27.4. The second-order valence-electron chi connectivity index (χ2n) is 2.87. The van der Waals surface area contributed by atoms with Gasteiger partial charge < -0.3 is 5.32 Å². The molecule has 0 aromatic carbocycles. The van der Waals surface area contributed by atoms with Crippen LogP contribution in [0.3, 0.4) is 0 Å². The van der Waals surface area contributed by atoms with Crippen molar-refractivity contribution >= 4 is 0 Å². The molecule has 58 valence electrons. The van der Waals surface area contributed by atoms with Crippen LogP contribution in [0, 0.1) is 0 Å². The van der Waals surface area contributed by atoms with Crippen molar-refractivity contribution in [2.75, 3.05) is 6.54 Å². The first kappa shape index (κ1) is 7.80. The summed E-state index contributed by atoms with van der Waals surface area (Å²) in [4.78, 5) is 0. The zero-order chi connectivity index (χ0) is 7.40. The van der Waals surface area contributed by atoms with E-state index >= 15 is 0 Å². The Bertz CT molecular complexity index is 121. The molecule has 0 aromatic heterocycles. The highest BCUT2D eigenvalue weighted by Crippen LogP contribution is 2.16. The third-order valence-electron chi connectivity index (χ3n) is 2.29. The molecule has 0 bridgehead atoms. The lowest BCUT2D eigenvalue weighted by molar-refractivity contribution is 0.667. The van der Waals surface area contributed by atoms with Gasteiger partial charge >= 0.3 is 0 Å².